The summed E-state index contributed by atoms with van der Waals surface area (Å²) in [6, 6.07) is 4.70. The molecule has 0 spiro atoms. The molecule has 2 heterocycles. The first-order chi connectivity index (χ1) is 10.5. The van der Waals surface area contributed by atoms with Crippen LogP contribution in [0.25, 0.3) is 0 Å². The molecule has 2 aliphatic heterocycles. The number of phenolic OH excluding ortho intramolecular Hbond substituents is 1. The van der Waals surface area contributed by atoms with Gasteiger partial charge in [-0.1, -0.05) is 12.1 Å². The average Bonchev–Trinajstić information content (AvgIpc) is 2.49. The Morgan fingerprint density at radius 1 is 1.27 bits per heavy atom. The molecule has 0 unspecified atom stereocenters. The van der Waals surface area contributed by atoms with Gasteiger partial charge in [0.25, 0.3) is 0 Å². The maximum Gasteiger partial charge on any atom is 0.342 e. The number of carbonyl (C=O) groups excluding carboxylic acids is 1. The van der Waals surface area contributed by atoms with Gasteiger partial charge in [0.2, 0.25) is 0 Å². The number of esters is 1. The summed E-state index contributed by atoms with van der Waals surface area (Å²) in [5.74, 6) is -0.608. The van der Waals surface area contributed by atoms with E-state index in [-0.39, 0.29) is 11.3 Å². The van der Waals surface area contributed by atoms with Crippen LogP contribution in [0.4, 0.5) is 0 Å². The predicted molar refractivity (Wildman–Crippen MR) is 76.4 cm³/mol. The molecule has 8 heteroatoms. The van der Waals surface area contributed by atoms with Crippen LogP contribution in [-0.4, -0.2) is 62.9 Å². The van der Waals surface area contributed by atoms with Gasteiger partial charge in [0.15, 0.2) is 6.10 Å². The molecule has 0 amide bonds. The Hall–Kier alpha value is -1.32. The van der Waals surface area contributed by atoms with Crippen molar-refractivity contribution in [1.29, 1.82) is 0 Å². The Kier molecular flexibility index (Phi) is 4.28. The highest BCUT2D eigenvalue weighted by Crippen LogP contribution is 2.37. The number of carbonyl (C=O) groups is 1. The van der Waals surface area contributed by atoms with Crippen molar-refractivity contribution in [3.8, 4) is 5.75 Å². The predicted octanol–water partition coefficient (Wildman–Crippen LogP) is -0.397. The van der Waals surface area contributed by atoms with Gasteiger partial charge in [-0.3, -0.25) is 0 Å². The molecule has 5 atom stereocenters. The Morgan fingerprint density at radius 2 is 2.05 bits per heavy atom. The summed E-state index contributed by atoms with van der Waals surface area (Å²) in [6.45, 7) is -0.451. The zero-order valence-corrected chi connectivity index (χ0v) is 12.3. The number of aliphatic hydroxyl groups is 3. The molecular weight excluding hydrogens is 312 g/mol. The van der Waals surface area contributed by atoms with Crippen LogP contribution in [0.5, 0.6) is 5.75 Å². The summed E-state index contributed by atoms with van der Waals surface area (Å²) in [6.07, 6.45) is -4.75. The van der Waals surface area contributed by atoms with E-state index < -0.39 is 42.4 Å². The largest absolute Gasteiger partial charge is 0.507 e. The molecule has 0 bridgehead atoms. The van der Waals surface area contributed by atoms with E-state index in [2.05, 4.69) is 0 Å². The van der Waals surface area contributed by atoms with Crippen molar-refractivity contribution in [2.75, 3.05) is 6.61 Å². The lowest BCUT2D eigenvalue weighted by Crippen LogP contribution is -2.59. The fourth-order valence-electron chi connectivity index (χ4n) is 2.61. The molecule has 3 rings (SSSR count). The number of hydrogen-bond donors (Lipinski definition) is 4. The Labute approximate surface area is 130 Å². The van der Waals surface area contributed by atoms with Crippen LogP contribution in [0.15, 0.2) is 18.2 Å². The van der Waals surface area contributed by atoms with Gasteiger partial charge in [0.05, 0.1) is 6.61 Å². The topological polar surface area (TPSA) is 116 Å². The minimum Gasteiger partial charge on any atom is -0.507 e. The first kappa shape index (κ1) is 15.6. The van der Waals surface area contributed by atoms with Gasteiger partial charge in [0.1, 0.15) is 35.1 Å². The minimum atomic E-state index is -1.38. The molecule has 1 aromatic carbocycles. The van der Waals surface area contributed by atoms with E-state index in [1.165, 1.54) is 17.8 Å². The van der Waals surface area contributed by atoms with Crippen molar-refractivity contribution in [2.45, 2.75) is 35.6 Å². The van der Waals surface area contributed by atoms with Crippen LogP contribution in [0.1, 0.15) is 15.9 Å². The van der Waals surface area contributed by atoms with Gasteiger partial charge in [0, 0.05) is 5.75 Å². The van der Waals surface area contributed by atoms with Gasteiger partial charge < -0.3 is 29.9 Å². The highest BCUT2D eigenvalue weighted by atomic mass is 32.2. The second-order valence-corrected chi connectivity index (χ2v) is 6.29. The molecule has 0 radical (unpaired) electrons. The Bertz CT molecular complexity index is 578. The zero-order chi connectivity index (χ0) is 15.9. The second kappa shape index (κ2) is 6.05. The van der Waals surface area contributed by atoms with Crippen LogP contribution >= 0.6 is 11.8 Å². The minimum absolute atomic E-state index is 0.0550. The number of aliphatic hydroxyl groups excluding tert-OH is 3. The van der Waals surface area contributed by atoms with Gasteiger partial charge in [-0.15, -0.1) is 11.8 Å². The molecule has 7 nitrogen and oxygen atoms in total. The molecule has 1 saturated heterocycles. The first-order valence-corrected chi connectivity index (χ1v) is 7.83. The molecule has 2 aliphatic rings. The summed E-state index contributed by atoms with van der Waals surface area (Å²) < 4.78 is 10.8. The fourth-order valence-corrected chi connectivity index (χ4v) is 3.82. The van der Waals surface area contributed by atoms with Crippen molar-refractivity contribution >= 4 is 17.7 Å². The second-order valence-electron chi connectivity index (χ2n) is 5.20. The maximum absolute atomic E-state index is 12.2. The lowest BCUT2D eigenvalue weighted by molar-refractivity contribution is -0.206. The third-order valence-electron chi connectivity index (χ3n) is 3.80. The van der Waals surface area contributed by atoms with Crippen LogP contribution in [-0.2, 0) is 15.2 Å². The number of phenols is 1. The number of hydrogen-bond acceptors (Lipinski definition) is 8. The molecule has 1 fully saturated rings. The molecule has 0 aromatic heterocycles. The molecule has 4 N–H and O–H groups in total. The quantitative estimate of drug-likeness (QED) is 0.515. The van der Waals surface area contributed by atoms with Crippen molar-refractivity contribution in [2.24, 2.45) is 0 Å². The van der Waals surface area contributed by atoms with E-state index in [1.54, 1.807) is 12.1 Å². The van der Waals surface area contributed by atoms with E-state index in [4.69, 9.17) is 9.47 Å². The number of thioether (sulfide) groups is 1. The fraction of sp³-hybridized carbons (Fsp3) is 0.500. The van der Waals surface area contributed by atoms with E-state index in [9.17, 15) is 25.2 Å². The normalized spacial score (nSPS) is 34.9. The SMILES string of the molecule is O=C1O[C@@H]2[C@@H](O)[C@H](O)[C@@H](CO)O[C@H]2SCc2cccc(O)c21. The van der Waals surface area contributed by atoms with Crippen LogP contribution < -0.4 is 0 Å². The summed E-state index contributed by atoms with van der Waals surface area (Å²) in [4.78, 5) is 12.2. The maximum atomic E-state index is 12.2. The average molecular weight is 328 g/mol. The Balaban J connectivity index is 1.93. The molecule has 1 aromatic rings. The van der Waals surface area contributed by atoms with E-state index in [0.29, 0.717) is 11.3 Å². The summed E-state index contributed by atoms with van der Waals surface area (Å²) >= 11 is 1.27. The van der Waals surface area contributed by atoms with Crippen molar-refractivity contribution in [1.82, 2.24) is 0 Å². The third-order valence-corrected chi connectivity index (χ3v) is 4.99. The van der Waals surface area contributed by atoms with Gasteiger partial charge in [-0.25, -0.2) is 4.79 Å². The van der Waals surface area contributed by atoms with Crippen molar-refractivity contribution < 1.29 is 34.7 Å². The lowest BCUT2D eigenvalue weighted by atomic mass is 10.00. The number of benzene rings is 1. The molecule has 0 saturated carbocycles. The Morgan fingerprint density at radius 3 is 2.77 bits per heavy atom. The van der Waals surface area contributed by atoms with Crippen molar-refractivity contribution in [3.63, 3.8) is 0 Å². The van der Waals surface area contributed by atoms with Crippen molar-refractivity contribution in [3.05, 3.63) is 29.3 Å². The van der Waals surface area contributed by atoms with E-state index in [0.717, 1.165) is 0 Å². The lowest BCUT2D eigenvalue weighted by Gasteiger charge is -2.42. The number of ether oxygens (including phenoxy) is 2. The standard InChI is InChI=1S/C14H16O7S/c15-4-8-10(17)11(18)12-14(20-8)22-5-6-2-1-3-7(16)9(6)13(19)21-12/h1-3,8,10-12,14-18H,4-5H2/t8-,10-,11+,12-,14+/m1/s1. The number of rotatable bonds is 1. The highest BCUT2D eigenvalue weighted by molar-refractivity contribution is 7.99. The summed E-state index contributed by atoms with van der Waals surface area (Å²) in [7, 11) is 0. The van der Waals surface area contributed by atoms with Gasteiger partial charge >= 0.3 is 5.97 Å². The highest BCUT2D eigenvalue weighted by Gasteiger charge is 2.47. The molecule has 0 aliphatic carbocycles. The first-order valence-electron chi connectivity index (χ1n) is 6.79. The van der Waals surface area contributed by atoms with Crippen LogP contribution in [0, 0.1) is 0 Å². The summed E-state index contributed by atoms with van der Waals surface area (Å²) in [5, 5.41) is 39.1. The third kappa shape index (κ3) is 2.57. The number of fused-ring (bicyclic) bond motifs is 2. The smallest absolute Gasteiger partial charge is 0.342 e. The van der Waals surface area contributed by atoms with Gasteiger partial charge in [-0.2, -0.15) is 0 Å². The monoisotopic (exact) mass is 328 g/mol. The van der Waals surface area contributed by atoms with Gasteiger partial charge in [-0.05, 0) is 11.6 Å². The number of aromatic hydroxyl groups is 1. The van der Waals surface area contributed by atoms with E-state index in [1.807, 2.05) is 0 Å². The molecular formula is C14H16O7S. The van der Waals surface area contributed by atoms with E-state index >= 15 is 0 Å². The van der Waals surface area contributed by atoms with Crippen LogP contribution in [0.3, 0.4) is 0 Å². The molecule has 22 heavy (non-hydrogen) atoms. The van der Waals surface area contributed by atoms with Crippen LogP contribution in [0.2, 0.25) is 0 Å². The summed E-state index contributed by atoms with van der Waals surface area (Å²) in [5.41, 5.74) is -0.0624. The molecule has 120 valence electrons. The zero-order valence-electron chi connectivity index (χ0n) is 11.5.